The smallest absolute Gasteiger partial charge is 0.178 e. The summed E-state index contributed by atoms with van der Waals surface area (Å²) in [6.07, 6.45) is 1.91. The number of halogens is 1. The van der Waals surface area contributed by atoms with E-state index in [0.717, 1.165) is 31.5 Å². The molecular weight excluding hydrogens is 267 g/mol. The van der Waals surface area contributed by atoms with E-state index < -0.39 is 5.82 Å². The van der Waals surface area contributed by atoms with Gasteiger partial charge in [-0.1, -0.05) is 0 Å². The fourth-order valence-corrected chi connectivity index (χ4v) is 2.35. The van der Waals surface area contributed by atoms with Crippen LogP contribution >= 0.6 is 12.2 Å². The molecule has 0 saturated carbocycles. The van der Waals surface area contributed by atoms with E-state index in [9.17, 15) is 4.39 Å². The Hall–Kier alpha value is -1.40. The predicted molar refractivity (Wildman–Crippen MR) is 74.7 cm³/mol. The monoisotopic (exact) mass is 284 g/mol. The van der Waals surface area contributed by atoms with Crippen molar-refractivity contribution in [3.8, 4) is 5.75 Å². The largest absolute Gasteiger partial charge is 0.494 e. The number of nitrogens with zero attached hydrogens (tertiary/aromatic N) is 1. The second kappa shape index (κ2) is 6.16. The van der Waals surface area contributed by atoms with E-state index in [1.807, 2.05) is 4.57 Å². The molecule has 104 valence electrons. The van der Waals surface area contributed by atoms with E-state index in [2.05, 4.69) is 4.98 Å². The molecule has 2 aromatic rings. The lowest BCUT2D eigenvalue weighted by atomic mass is 10.2. The van der Waals surface area contributed by atoms with E-state index in [1.54, 1.807) is 13.2 Å². The molecule has 2 rings (SSSR count). The van der Waals surface area contributed by atoms with Crippen molar-refractivity contribution < 1.29 is 13.9 Å². The molecule has 0 aliphatic heterocycles. The Labute approximate surface area is 116 Å². The minimum atomic E-state index is -0.391. The third-order valence-corrected chi connectivity index (χ3v) is 3.35. The van der Waals surface area contributed by atoms with Crippen LogP contribution in [-0.4, -0.2) is 30.4 Å². The number of aryl methyl sites for hydroxylation is 1. The van der Waals surface area contributed by atoms with E-state index in [1.165, 1.54) is 13.2 Å². The predicted octanol–water partition coefficient (Wildman–Crippen LogP) is 3.27. The highest BCUT2D eigenvalue weighted by molar-refractivity contribution is 7.71. The molecule has 0 unspecified atom stereocenters. The quantitative estimate of drug-likeness (QED) is 0.653. The lowest BCUT2D eigenvalue weighted by Crippen LogP contribution is -2.00. The molecule has 6 heteroatoms. The molecule has 0 fully saturated rings. The summed E-state index contributed by atoms with van der Waals surface area (Å²) in [7, 11) is 3.14. The zero-order chi connectivity index (χ0) is 13.8. The van der Waals surface area contributed by atoms with Gasteiger partial charge in [0.2, 0.25) is 0 Å². The van der Waals surface area contributed by atoms with Gasteiger partial charge < -0.3 is 19.0 Å². The van der Waals surface area contributed by atoms with Crippen molar-refractivity contribution in [3.05, 3.63) is 22.7 Å². The third kappa shape index (κ3) is 2.96. The molecule has 1 aromatic carbocycles. The number of unbranched alkanes of at least 4 members (excludes halogenated alkanes) is 1. The number of aromatic nitrogens is 2. The van der Waals surface area contributed by atoms with Crippen molar-refractivity contribution in [2.75, 3.05) is 20.8 Å². The Morgan fingerprint density at radius 1 is 1.32 bits per heavy atom. The van der Waals surface area contributed by atoms with Crippen molar-refractivity contribution >= 4 is 23.3 Å². The molecule has 4 nitrogen and oxygen atoms in total. The number of methoxy groups -OCH3 is 2. The van der Waals surface area contributed by atoms with E-state index >= 15 is 0 Å². The number of rotatable bonds is 6. The summed E-state index contributed by atoms with van der Waals surface area (Å²) in [5.74, 6) is -0.162. The Kier molecular flexibility index (Phi) is 4.55. The van der Waals surface area contributed by atoms with Crippen LogP contribution in [0.3, 0.4) is 0 Å². The number of fused-ring (bicyclic) bond motifs is 1. The Morgan fingerprint density at radius 2 is 2.11 bits per heavy atom. The molecule has 1 aromatic heterocycles. The van der Waals surface area contributed by atoms with Crippen LogP contribution in [0, 0.1) is 10.6 Å². The summed E-state index contributed by atoms with van der Waals surface area (Å²) in [5.41, 5.74) is 1.55. The minimum absolute atomic E-state index is 0.229. The van der Waals surface area contributed by atoms with Crippen LogP contribution in [0.2, 0.25) is 0 Å². The summed E-state index contributed by atoms with van der Waals surface area (Å²) >= 11 is 5.27. The van der Waals surface area contributed by atoms with Crippen LogP contribution in [-0.2, 0) is 11.3 Å². The van der Waals surface area contributed by atoms with Crippen molar-refractivity contribution in [2.24, 2.45) is 0 Å². The standard InChI is InChI=1S/C13H17FN2O2S/c1-17-6-4-3-5-16-11-8-12(18-2)9(14)7-10(11)15-13(16)19/h7-8H,3-6H2,1-2H3,(H,15,19). The number of imidazole rings is 1. The molecule has 1 N–H and O–H groups in total. The van der Waals surface area contributed by atoms with Gasteiger partial charge in [0.1, 0.15) is 0 Å². The van der Waals surface area contributed by atoms with Crippen LogP contribution in [0.5, 0.6) is 5.75 Å². The number of ether oxygens (including phenoxy) is 2. The molecule has 0 spiro atoms. The first-order chi connectivity index (χ1) is 9.17. The Balaban J connectivity index is 2.32. The van der Waals surface area contributed by atoms with E-state index in [-0.39, 0.29) is 5.75 Å². The number of benzene rings is 1. The number of nitrogens with one attached hydrogen (secondary N) is 1. The summed E-state index contributed by atoms with van der Waals surface area (Å²) in [6.45, 7) is 1.50. The van der Waals surface area contributed by atoms with Crippen LogP contribution < -0.4 is 4.74 Å². The normalized spacial score (nSPS) is 11.1. The second-order valence-electron chi connectivity index (χ2n) is 4.29. The fourth-order valence-electron chi connectivity index (χ4n) is 2.05. The third-order valence-electron chi connectivity index (χ3n) is 3.03. The van der Waals surface area contributed by atoms with Crippen LogP contribution in [0.25, 0.3) is 11.0 Å². The first-order valence-electron chi connectivity index (χ1n) is 6.12. The molecule has 1 heterocycles. The molecule has 0 aliphatic carbocycles. The van der Waals surface area contributed by atoms with Crippen LogP contribution in [0.15, 0.2) is 12.1 Å². The van der Waals surface area contributed by atoms with Gasteiger partial charge in [-0.25, -0.2) is 4.39 Å². The van der Waals surface area contributed by atoms with E-state index in [0.29, 0.717) is 10.3 Å². The molecule has 19 heavy (non-hydrogen) atoms. The molecule has 0 atom stereocenters. The zero-order valence-corrected chi connectivity index (χ0v) is 11.8. The molecule has 0 radical (unpaired) electrons. The molecule has 0 saturated heterocycles. The lowest BCUT2D eigenvalue weighted by molar-refractivity contribution is 0.191. The SMILES string of the molecule is COCCCCn1c(=S)[nH]c2cc(F)c(OC)cc21. The summed E-state index contributed by atoms with van der Waals surface area (Å²) in [4.78, 5) is 3.01. The van der Waals surface area contributed by atoms with Crippen molar-refractivity contribution in [1.82, 2.24) is 9.55 Å². The number of H-pyrrole nitrogens is 1. The Bertz CT molecular complexity index is 621. The van der Waals surface area contributed by atoms with Crippen LogP contribution in [0.1, 0.15) is 12.8 Å². The highest BCUT2D eigenvalue weighted by Gasteiger charge is 2.10. The molecular formula is C13H17FN2O2S. The average molecular weight is 284 g/mol. The van der Waals surface area contributed by atoms with Gasteiger partial charge >= 0.3 is 0 Å². The van der Waals surface area contributed by atoms with Gasteiger partial charge in [0.25, 0.3) is 0 Å². The van der Waals surface area contributed by atoms with Crippen molar-refractivity contribution in [3.63, 3.8) is 0 Å². The molecule has 0 bridgehead atoms. The average Bonchev–Trinajstić information content (AvgIpc) is 2.69. The van der Waals surface area contributed by atoms with Crippen molar-refractivity contribution in [2.45, 2.75) is 19.4 Å². The van der Waals surface area contributed by atoms with Gasteiger partial charge in [0.05, 0.1) is 18.1 Å². The minimum Gasteiger partial charge on any atom is -0.494 e. The first-order valence-corrected chi connectivity index (χ1v) is 6.53. The number of hydrogen-bond donors (Lipinski definition) is 1. The van der Waals surface area contributed by atoms with Gasteiger partial charge in [0, 0.05) is 32.4 Å². The van der Waals surface area contributed by atoms with Gasteiger partial charge in [-0.2, -0.15) is 0 Å². The molecule has 0 aliphatic rings. The van der Waals surface area contributed by atoms with Gasteiger partial charge in [0.15, 0.2) is 16.3 Å². The molecule has 0 amide bonds. The summed E-state index contributed by atoms with van der Waals surface area (Å²) in [5, 5.41) is 0. The van der Waals surface area contributed by atoms with Gasteiger partial charge in [-0.15, -0.1) is 0 Å². The topological polar surface area (TPSA) is 39.2 Å². The maximum Gasteiger partial charge on any atom is 0.178 e. The lowest BCUT2D eigenvalue weighted by Gasteiger charge is -2.06. The second-order valence-corrected chi connectivity index (χ2v) is 4.67. The van der Waals surface area contributed by atoms with Crippen LogP contribution in [0.4, 0.5) is 4.39 Å². The van der Waals surface area contributed by atoms with Crippen molar-refractivity contribution in [1.29, 1.82) is 0 Å². The summed E-state index contributed by atoms with van der Waals surface area (Å²) in [6, 6.07) is 3.09. The fraction of sp³-hybridized carbons (Fsp3) is 0.462. The van der Waals surface area contributed by atoms with Gasteiger partial charge in [-0.3, -0.25) is 0 Å². The maximum absolute atomic E-state index is 13.6. The van der Waals surface area contributed by atoms with Gasteiger partial charge in [-0.05, 0) is 25.1 Å². The maximum atomic E-state index is 13.6. The highest BCUT2D eigenvalue weighted by Crippen LogP contribution is 2.24. The first kappa shape index (κ1) is 14.0. The Morgan fingerprint density at radius 3 is 2.79 bits per heavy atom. The number of aromatic amines is 1. The van der Waals surface area contributed by atoms with E-state index in [4.69, 9.17) is 21.7 Å². The number of hydrogen-bond acceptors (Lipinski definition) is 3. The summed E-state index contributed by atoms with van der Waals surface area (Å²) < 4.78 is 26.2. The zero-order valence-electron chi connectivity index (χ0n) is 11.0. The highest BCUT2D eigenvalue weighted by atomic mass is 32.1.